The summed E-state index contributed by atoms with van der Waals surface area (Å²) in [4.78, 5) is 4.63. The van der Waals surface area contributed by atoms with Gasteiger partial charge in [-0.05, 0) is 19.8 Å². The number of hydrogen-bond donors (Lipinski definition) is 1. The van der Waals surface area contributed by atoms with Crippen molar-refractivity contribution in [1.29, 1.82) is 0 Å². The summed E-state index contributed by atoms with van der Waals surface area (Å²) in [5.41, 5.74) is 0.799. The van der Waals surface area contributed by atoms with Gasteiger partial charge in [0, 0.05) is 23.8 Å². The van der Waals surface area contributed by atoms with Crippen LogP contribution in [-0.2, 0) is 16.6 Å². The van der Waals surface area contributed by atoms with Gasteiger partial charge in [0.2, 0.25) is 0 Å². The van der Waals surface area contributed by atoms with Crippen molar-refractivity contribution < 1.29 is 9.84 Å². The van der Waals surface area contributed by atoms with Gasteiger partial charge >= 0.3 is 0 Å². The molecule has 4 heteroatoms. The number of ether oxygens (including phenoxy) is 1. The third-order valence-electron chi connectivity index (χ3n) is 3.64. The van der Waals surface area contributed by atoms with E-state index >= 15 is 0 Å². The van der Waals surface area contributed by atoms with E-state index in [4.69, 9.17) is 4.74 Å². The van der Waals surface area contributed by atoms with Crippen molar-refractivity contribution in [2.24, 2.45) is 0 Å². The van der Waals surface area contributed by atoms with Crippen LogP contribution in [0.5, 0.6) is 0 Å². The fraction of sp³-hybridized carbons (Fsp3) is 0.786. The Hall–Kier alpha value is -0.450. The topological polar surface area (TPSA) is 42.4 Å². The molecule has 0 aliphatic carbocycles. The molecule has 2 heterocycles. The minimum absolute atomic E-state index is 0.0768. The number of aliphatic hydroxyl groups is 1. The van der Waals surface area contributed by atoms with Crippen LogP contribution in [0.3, 0.4) is 0 Å². The molecule has 0 spiro atoms. The van der Waals surface area contributed by atoms with E-state index in [1.165, 1.54) is 0 Å². The van der Waals surface area contributed by atoms with Gasteiger partial charge in [-0.2, -0.15) is 0 Å². The van der Waals surface area contributed by atoms with Crippen LogP contribution >= 0.6 is 11.3 Å². The molecule has 0 aromatic carbocycles. The molecule has 1 saturated heterocycles. The Morgan fingerprint density at radius 1 is 1.56 bits per heavy atom. The minimum atomic E-state index is -0.459. The summed E-state index contributed by atoms with van der Waals surface area (Å²) >= 11 is 1.64. The Kier molecular flexibility index (Phi) is 3.81. The maximum absolute atomic E-state index is 10.3. The van der Waals surface area contributed by atoms with Crippen molar-refractivity contribution >= 4 is 11.3 Å². The molecule has 102 valence electrons. The van der Waals surface area contributed by atoms with E-state index in [9.17, 15) is 5.11 Å². The number of aliphatic hydroxyl groups excluding tert-OH is 1. The standard InChI is InChI=1S/C14H23NO2S/c1-13(2,3)10-9-18-12(15-10)8-11(16)14(4)6-5-7-17-14/h9,11,16H,5-8H2,1-4H3. The Balaban J connectivity index is 2.03. The van der Waals surface area contributed by atoms with Crippen LogP contribution in [0.25, 0.3) is 0 Å². The second-order valence-electron chi connectivity index (χ2n) is 6.36. The SMILES string of the molecule is CC(C)(C)c1csc(CC(O)C2(C)CCCO2)n1. The molecule has 0 saturated carbocycles. The lowest BCUT2D eigenvalue weighted by atomic mass is 9.92. The highest BCUT2D eigenvalue weighted by Crippen LogP contribution is 2.31. The Labute approximate surface area is 113 Å². The highest BCUT2D eigenvalue weighted by atomic mass is 32.1. The molecule has 1 fully saturated rings. The van der Waals surface area contributed by atoms with E-state index in [0.29, 0.717) is 6.42 Å². The fourth-order valence-corrected chi connectivity index (χ4v) is 3.25. The summed E-state index contributed by atoms with van der Waals surface area (Å²) in [5, 5.41) is 13.4. The average molecular weight is 269 g/mol. The molecule has 18 heavy (non-hydrogen) atoms. The lowest BCUT2D eigenvalue weighted by Crippen LogP contribution is -2.40. The highest BCUT2D eigenvalue weighted by Gasteiger charge is 2.37. The molecule has 0 radical (unpaired) electrons. The van der Waals surface area contributed by atoms with Crippen molar-refractivity contribution in [1.82, 2.24) is 4.98 Å². The van der Waals surface area contributed by atoms with Crippen molar-refractivity contribution in [3.63, 3.8) is 0 Å². The minimum Gasteiger partial charge on any atom is -0.390 e. The predicted octanol–water partition coefficient (Wildman–Crippen LogP) is 2.91. The summed E-state index contributed by atoms with van der Waals surface area (Å²) in [5.74, 6) is 0. The van der Waals surface area contributed by atoms with E-state index in [-0.39, 0.29) is 11.0 Å². The number of thiazole rings is 1. The summed E-state index contributed by atoms with van der Waals surface area (Å²) in [6.07, 6.45) is 2.11. The van der Waals surface area contributed by atoms with E-state index in [1.54, 1.807) is 11.3 Å². The van der Waals surface area contributed by atoms with Gasteiger partial charge in [0.05, 0.1) is 22.4 Å². The zero-order valence-corrected chi connectivity index (χ0v) is 12.5. The molecular formula is C14H23NO2S. The van der Waals surface area contributed by atoms with E-state index < -0.39 is 6.10 Å². The van der Waals surface area contributed by atoms with Crippen LogP contribution < -0.4 is 0 Å². The van der Waals surface area contributed by atoms with Gasteiger partial charge in [-0.15, -0.1) is 11.3 Å². The molecule has 1 aliphatic rings. The average Bonchev–Trinajstić information content (AvgIpc) is 2.86. The van der Waals surface area contributed by atoms with Gasteiger partial charge in [0.25, 0.3) is 0 Å². The molecule has 1 aromatic rings. The molecule has 3 nitrogen and oxygen atoms in total. The largest absolute Gasteiger partial charge is 0.390 e. The summed E-state index contributed by atoms with van der Waals surface area (Å²) in [7, 11) is 0. The van der Waals surface area contributed by atoms with E-state index in [0.717, 1.165) is 30.2 Å². The van der Waals surface area contributed by atoms with Gasteiger partial charge in [0.1, 0.15) is 0 Å². The van der Waals surface area contributed by atoms with Crippen molar-refractivity contribution in [2.45, 2.75) is 64.1 Å². The maximum atomic E-state index is 10.3. The fourth-order valence-electron chi connectivity index (χ4n) is 2.19. The zero-order valence-electron chi connectivity index (χ0n) is 11.7. The normalized spacial score (nSPS) is 26.5. The lowest BCUT2D eigenvalue weighted by Gasteiger charge is -2.28. The van der Waals surface area contributed by atoms with E-state index in [1.807, 2.05) is 6.92 Å². The second kappa shape index (κ2) is 4.91. The Morgan fingerprint density at radius 2 is 2.28 bits per heavy atom. The Morgan fingerprint density at radius 3 is 2.78 bits per heavy atom. The van der Waals surface area contributed by atoms with Gasteiger partial charge in [-0.3, -0.25) is 0 Å². The highest BCUT2D eigenvalue weighted by molar-refractivity contribution is 7.09. The first-order valence-electron chi connectivity index (χ1n) is 6.58. The van der Waals surface area contributed by atoms with Crippen LogP contribution in [0.2, 0.25) is 0 Å². The molecule has 1 aliphatic heterocycles. The van der Waals surface area contributed by atoms with Gasteiger partial charge in [0.15, 0.2) is 0 Å². The number of hydrogen-bond acceptors (Lipinski definition) is 4. The third-order valence-corrected chi connectivity index (χ3v) is 4.51. The van der Waals surface area contributed by atoms with Crippen molar-refractivity contribution in [2.75, 3.05) is 6.61 Å². The predicted molar refractivity (Wildman–Crippen MR) is 74.1 cm³/mol. The van der Waals surface area contributed by atoms with Crippen molar-refractivity contribution in [3.05, 3.63) is 16.1 Å². The quantitative estimate of drug-likeness (QED) is 0.917. The molecule has 1 N–H and O–H groups in total. The molecule has 2 atom stereocenters. The van der Waals surface area contributed by atoms with Crippen LogP contribution in [-0.4, -0.2) is 28.4 Å². The summed E-state index contributed by atoms with van der Waals surface area (Å²) in [6, 6.07) is 0. The number of rotatable bonds is 3. The number of nitrogens with zero attached hydrogens (tertiary/aromatic N) is 1. The lowest BCUT2D eigenvalue weighted by molar-refractivity contribution is -0.0768. The smallest absolute Gasteiger partial charge is 0.0955 e. The van der Waals surface area contributed by atoms with Gasteiger partial charge < -0.3 is 9.84 Å². The molecule has 2 unspecified atom stereocenters. The maximum Gasteiger partial charge on any atom is 0.0955 e. The van der Waals surface area contributed by atoms with Gasteiger partial charge in [-0.1, -0.05) is 20.8 Å². The first-order chi connectivity index (χ1) is 8.31. The van der Waals surface area contributed by atoms with Crippen molar-refractivity contribution in [3.8, 4) is 0 Å². The molecular weight excluding hydrogens is 246 g/mol. The monoisotopic (exact) mass is 269 g/mol. The van der Waals surface area contributed by atoms with Crippen LogP contribution in [0, 0.1) is 0 Å². The zero-order chi connectivity index (χ0) is 13.4. The third kappa shape index (κ3) is 2.92. The molecule has 0 bridgehead atoms. The molecule has 1 aromatic heterocycles. The first kappa shape index (κ1) is 14.0. The summed E-state index contributed by atoms with van der Waals surface area (Å²) in [6.45, 7) is 9.23. The van der Waals surface area contributed by atoms with Gasteiger partial charge in [-0.25, -0.2) is 4.98 Å². The molecule has 0 amide bonds. The van der Waals surface area contributed by atoms with Crippen LogP contribution in [0.15, 0.2) is 5.38 Å². The van der Waals surface area contributed by atoms with Crippen LogP contribution in [0.4, 0.5) is 0 Å². The molecule has 2 rings (SSSR count). The first-order valence-corrected chi connectivity index (χ1v) is 7.46. The van der Waals surface area contributed by atoms with E-state index in [2.05, 4.69) is 31.1 Å². The Bertz CT molecular complexity index is 402. The summed E-state index contributed by atoms with van der Waals surface area (Å²) < 4.78 is 5.68. The second-order valence-corrected chi connectivity index (χ2v) is 7.30. The number of aromatic nitrogens is 1. The van der Waals surface area contributed by atoms with Crippen LogP contribution in [0.1, 0.15) is 51.2 Å².